The molecule has 0 aliphatic heterocycles. The maximum atomic E-state index is 11.0. The van der Waals surface area contributed by atoms with E-state index in [9.17, 15) is 20.1 Å². The average molecular weight is 305 g/mol. The zero-order valence-corrected chi connectivity index (χ0v) is 12.6. The smallest absolute Gasteiger partial charge is 0.132 e. The fourth-order valence-electron chi connectivity index (χ4n) is 1.67. The zero-order chi connectivity index (χ0) is 16.4. The van der Waals surface area contributed by atoms with Gasteiger partial charge in [0.2, 0.25) is 0 Å². The summed E-state index contributed by atoms with van der Waals surface area (Å²) in [6.07, 6.45) is -2.72. The monoisotopic (exact) mass is 305 g/mol. The lowest BCUT2D eigenvalue weighted by atomic mass is 10.0. The molecule has 124 valence electrons. The lowest BCUT2D eigenvalue weighted by molar-refractivity contribution is -0.120. The van der Waals surface area contributed by atoms with Gasteiger partial charge in [-0.2, -0.15) is 0 Å². The summed E-state index contributed by atoms with van der Waals surface area (Å²) in [5, 5.41) is 46.2. The van der Waals surface area contributed by atoms with E-state index in [1.54, 1.807) is 6.92 Å². The van der Waals surface area contributed by atoms with E-state index in [1.165, 1.54) is 0 Å². The van der Waals surface area contributed by atoms with Crippen molar-refractivity contribution in [1.29, 1.82) is 0 Å². The molecule has 0 rings (SSSR count). The van der Waals surface area contributed by atoms with Gasteiger partial charge in [-0.05, 0) is 19.8 Å². The molecule has 0 saturated carbocycles. The molecule has 5 N–H and O–H groups in total. The molecule has 21 heavy (non-hydrogen) atoms. The minimum absolute atomic E-state index is 0.0384. The van der Waals surface area contributed by atoms with E-state index in [2.05, 4.69) is 4.99 Å². The van der Waals surface area contributed by atoms with Gasteiger partial charge in [0.1, 0.15) is 30.2 Å². The van der Waals surface area contributed by atoms with Crippen LogP contribution in [0.4, 0.5) is 0 Å². The van der Waals surface area contributed by atoms with Crippen LogP contribution in [-0.2, 0) is 4.79 Å². The SMILES string of the molecule is CC(=O)[C@@H](C)CCCCN=CC(O)C(O)C(O)C(O)CO. The first-order valence-electron chi connectivity index (χ1n) is 7.14. The molecule has 0 spiro atoms. The van der Waals surface area contributed by atoms with Gasteiger partial charge in [0.25, 0.3) is 0 Å². The van der Waals surface area contributed by atoms with E-state index >= 15 is 0 Å². The maximum absolute atomic E-state index is 11.0. The van der Waals surface area contributed by atoms with E-state index in [0.29, 0.717) is 6.54 Å². The number of aliphatic hydroxyl groups is 5. The molecule has 5 atom stereocenters. The minimum atomic E-state index is -1.65. The third kappa shape index (κ3) is 8.23. The van der Waals surface area contributed by atoms with Crippen LogP contribution in [0.2, 0.25) is 0 Å². The summed E-state index contributed by atoms with van der Waals surface area (Å²) in [5.74, 6) is 0.199. The molecule has 7 heteroatoms. The van der Waals surface area contributed by atoms with Crippen molar-refractivity contribution in [2.45, 2.75) is 57.5 Å². The Balaban J connectivity index is 3.94. The molecule has 0 aliphatic rings. The zero-order valence-electron chi connectivity index (χ0n) is 12.6. The van der Waals surface area contributed by atoms with Gasteiger partial charge < -0.3 is 25.5 Å². The van der Waals surface area contributed by atoms with Gasteiger partial charge in [0.15, 0.2) is 0 Å². The highest BCUT2D eigenvalue weighted by Gasteiger charge is 2.28. The Bertz CT molecular complexity index is 323. The molecule has 0 aliphatic carbocycles. The number of Topliss-reactive ketones (excluding diaryl/α,β-unsaturated/α-hetero) is 1. The molecule has 7 nitrogen and oxygen atoms in total. The average Bonchev–Trinajstić information content (AvgIpc) is 2.47. The van der Waals surface area contributed by atoms with Crippen LogP contribution in [0.25, 0.3) is 0 Å². The summed E-state index contributed by atoms with van der Waals surface area (Å²) in [6.45, 7) is 3.16. The highest BCUT2D eigenvalue weighted by atomic mass is 16.4. The first-order chi connectivity index (χ1) is 9.81. The second kappa shape index (κ2) is 10.8. The Hall–Kier alpha value is -0.860. The lowest BCUT2D eigenvalue weighted by Crippen LogP contribution is -2.46. The standard InChI is InChI=1S/C14H27NO6/c1-9(10(2)17)5-3-4-6-15-7-11(18)13(20)14(21)12(19)8-16/h7,9,11-14,16,18-21H,3-6,8H2,1-2H3/t9-,11?,12?,13?,14?/m0/s1. The van der Waals surface area contributed by atoms with Gasteiger partial charge in [-0.25, -0.2) is 0 Å². The normalized spacial score (nSPS) is 19.2. The van der Waals surface area contributed by atoms with Crippen LogP contribution in [0.15, 0.2) is 4.99 Å². The van der Waals surface area contributed by atoms with Crippen molar-refractivity contribution < 1.29 is 30.3 Å². The molecular weight excluding hydrogens is 278 g/mol. The highest BCUT2D eigenvalue weighted by Crippen LogP contribution is 2.08. The highest BCUT2D eigenvalue weighted by molar-refractivity contribution is 5.77. The number of hydrogen-bond acceptors (Lipinski definition) is 7. The summed E-state index contributed by atoms with van der Waals surface area (Å²) in [5.41, 5.74) is 0. The molecule has 4 unspecified atom stereocenters. The first-order valence-corrected chi connectivity index (χ1v) is 7.14. The summed E-state index contributed by atoms with van der Waals surface area (Å²) >= 11 is 0. The molecule has 0 bridgehead atoms. The van der Waals surface area contributed by atoms with Crippen molar-refractivity contribution in [2.75, 3.05) is 13.2 Å². The molecule has 0 aromatic carbocycles. The minimum Gasteiger partial charge on any atom is -0.394 e. The fourth-order valence-corrected chi connectivity index (χ4v) is 1.67. The number of nitrogens with zero attached hydrogens (tertiary/aromatic N) is 1. The molecule has 0 amide bonds. The van der Waals surface area contributed by atoms with E-state index in [4.69, 9.17) is 10.2 Å². The Kier molecular flexibility index (Phi) is 10.4. The van der Waals surface area contributed by atoms with Crippen molar-refractivity contribution >= 4 is 12.0 Å². The van der Waals surface area contributed by atoms with Crippen LogP contribution in [0, 0.1) is 5.92 Å². The van der Waals surface area contributed by atoms with Crippen molar-refractivity contribution in [2.24, 2.45) is 10.9 Å². The van der Waals surface area contributed by atoms with Gasteiger partial charge in [0, 0.05) is 18.7 Å². The van der Waals surface area contributed by atoms with Crippen LogP contribution >= 0.6 is 0 Å². The molecule has 0 aromatic heterocycles. The Morgan fingerprint density at radius 3 is 2.29 bits per heavy atom. The molecule has 0 saturated heterocycles. The third-order valence-corrected chi connectivity index (χ3v) is 3.41. The number of aliphatic imine (C=N–C) groups is 1. The molecular formula is C14H27NO6. The summed E-state index contributed by atoms with van der Waals surface area (Å²) in [6, 6.07) is 0. The Morgan fingerprint density at radius 1 is 1.14 bits per heavy atom. The molecule has 0 fully saturated rings. The van der Waals surface area contributed by atoms with E-state index < -0.39 is 31.0 Å². The quantitative estimate of drug-likeness (QED) is 0.243. The summed E-state index contributed by atoms with van der Waals surface area (Å²) < 4.78 is 0. The topological polar surface area (TPSA) is 131 Å². The van der Waals surface area contributed by atoms with Crippen LogP contribution < -0.4 is 0 Å². The van der Waals surface area contributed by atoms with E-state index in [-0.39, 0.29) is 11.7 Å². The summed E-state index contributed by atoms with van der Waals surface area (Å²) in [4.78, 5) is 14.9. The van der Waals surface area contributed by atoms with Crippen molar-refractivity contribution in [3.63, 3.8) is 0 Å². The molecule has 0 radical (unpaired) electrons. The van der Waals surface area contributed by atoms with Crippen molar-refractivity contribution in [3.8, 4) is 0 Å². The number of rotatable bonds is 11. The predicted octanol–water partition coefficient (Wildman–Crippen LogP) is -1.11. The van der Waals surface area contributed by atoms with Gasteiger partial charge in [-0.1, -0.05) is 13.3 Å². The summed E-state index contributed by atoms with van der Waals surface area (Å²) in [7, 11) is 0. The number of unbranched alkanes of at least 4 members (excludes halogenated alkanes) is 1. The van der Waals surface area contributed by atoms with Crippen LogP contribution in [0.3, 0.4) is 0 Å². The predicted molar refractivity (Wildman–Crippen MR) is 78.2 cm³/mol. The third-order valence-electron chi connectivity index (χ3n) is 3.41. The van der Waals surface area contributed by atoms with E-state index in [1.807, 2.05) is 6.92 Å². The molecule has 0 heterocycles. The van der Waals surface area contributed by atoms with Gasteiger partial charge in [-0.3, -0.25) is 9.79 Å². The first kappa shape index (κ1) is 20.1. The fraction of sp³-hybridized carbons (Fsp3) is 0.857. The van der Waals surface area contributed by atoms with Crippen LogP contribution in [0.5, 0.6) is 0 Å². The number of carbonyl (C=O) groups excluding carboxylic acids is 1. The van der Waals surface area contributed by atoms with Crippen molar-refractivity contribution in [1.82, 2.24) is 0 Å². The van der Waals surface area contributed by atoms with Gasteiger partial charge in [0.05, 0.1) is 6.61 Å². The number of carbonyl (C=O) groups is 1. The lowest BCUT2D eigenvalue weighted by Gasteiger charge is -2.23. The Labute approximate surface area is 125 Å². The van der Waals surface area contributed by atoms with E-state index in [0.717, 1.165) is 25.5 Å². The number of aliphatic hydroxyl groups excluding tert-OH is 5. The van der Waals surface area contributed by atoms with Crippen molar-refractivity contribution in [3.05, 3.63) is 0 Å². The molecule has 0 aromatic rings. The van der Waals surface area contributed by atoms with Crippen LogP contribution in [0.1, 0.15) is 33.1 Å². The second-order valence-corrected chi connectivity index (χ2v) is 5.28. The number of hydrogen-bond donors (Lipinski definition) is 5. The second-order valence-electron chi connectivity index (χ2n) is 5.28. The van der Waals surface area contributed by atoms with Gasteiger partial charge >= 0.3 is 0 Å². The van der Waals surface area contributed by atoms with Gasteiger partial charge in [-0.15, -0.1) is 0 Å². The Morgan fingerprint density at radius 2 is 1.76 bits per heavy atom. The maximum Gasteiger partial charge on any atom is 0.132 e. The number of ketones is 1. The largest absolute Gasteiger partial charge is 0.394 e. The van der Waals surface area contributed by atoms with Crippen LogP contribution in [-0.4, -0.2) is 75.1 Å².